The maximum absolute atomic E-state index is 11.8. The fraction of sp³-hybridized carbons (Fsp3) is 0.286. The van der Waals surface area contributed by atoms with Gasteiger partial charge in [0.2, 0.25) is 23.4 Å². The summed E-state index contributed by atoms with van der Waals surface area (Å²) in [5, 5.41) is 0. The van der Waals surface area contributed by atoms with Crippen molar-refractivity contribution in [2.45, 2.75) is 0 Å². The fourth-order valence-electron chi connectivity index (χ4n) is 4.01. The van der Waals surface area contributed by atoms with E-state index in [1.165, 1.54) is 52.5 Å². The number of likely N-dealkylation sites (N-methyl/N-ethyl adjacent to an activating group) is 2. The predicted octanol–water partition coefficient (Wildman–Crippen LogP) is 1.68. The van der Waals surface area contributed by atoms with Gasteiger partial charge in [0.1, 0.15) is 11.4 Å². The molecule has 0 unspecified atom stereocenters. The molecule has 4 N–H and O–H groups in total. The van der Waals surface area contributed by atoms with Gasteiger partial charge in [-0.2, -0.15) is 9.98 Å². The van der Waals surface area contributed by atoms with E-state index in [4.69, 9.17) is 39.9 Å². The van der Waals surface area contributed by atoms with Crippen LogP contribution < -0.4 is 39.9 Å². The summed E-state index contributed by atoms with van der Waals surface area (Å²) in [4.78, 5) is 34.0. The number of hydrogen-bond acceptors (Lipinski definition) is 12. The van der Waals surface area contributed by atoms with E-state index in [0.29, 0.717) is 57.0 Å². The average Bonchev–Trinajstić information content (AvgIpc) is 3.37. The average molecular weight is 583 g/mol. The van der Waals surface area contributed by atoms with Gasteiger partial charge >= 0.3 is 0 Å². The third-order valence-electron chi connectivity index (χ3n) is 6.26. The molecule has 0 radical (unpaired) electrons. The topological polar surface area (TPSA) is 173 Å². The highest BCUT2D eigenvalue weighted by Crippen LogP contribution is 2.40. The number of carbonyl (C=O) groups is 2. The minimum absolute atomic E-state index is 0.165. The zero-order chi connectivity index (χ0) is 31.1. The van der Waals surface area contributed by atoms with Crippen LogP contribution in [-0.4, -0.2) is 90.3 Å². The van der Waals surface area contributed by atoms with Crippen molar-refractivity contribution >= 4 is 35.9 Å². The Morgan fingerprint density at radius 3 is 1.05 bits per heavy atom. The Hall–Kier alpha value is -5.40. The van der Waals surface area contributed by atoms with Crippen molar-refractivity contribution in [2.75, 3.05) is 56.8 Å². The standard InChI is InChI=1S/2C14H17N3O4/c2*1-17-9(13(18)16-14(17)15)5-8-6-10(19-2)12(21-4)11(7-8)20-3/h2*5-7H,1-4H3,(H2,15,16,18)/b2*9-5-. The lowest BCUT2D eigenvalue weighted by Crippen LogP contribution is -2.28. The molecule has 0 fully saturated rings. The van der Waals surface area contributed by atoms with Gasteiger partial charge in [-0.3, -0.25) is 9.59 Å². The number of nitrogens with two attached hydrogens (primary N) is 2. The van der Waals surface area contributed by atoms with Gasteiger partial charge in [0.15, 0.2) is 23.0 Å². The van der Waals surface area contributed by atoms with Crippen LogP contribution in [0, 0.1) is 0 Å². The van der Waals surface area contributed by atoms with Gasteiger partial charge in [0.25, 0.3) is 11.8 Å². The summed E-state index contributed by atoms with van der Waals surface area (Å²) in [7, 11) is 12.5. The van der Waals surface area contributed by atoms with E-state index in [2.05, 4.69) is 9.98 Å². The maximum atomic E-state index is 11.8. The molecule has 0 saturated carbocycles. The van der Waals surface area contributed by atoms with Crippen LogP contribution >= 0.6 is 0 Å². The molecule has 0 bridgehead atoms. The molecule has 0 aliphatic carbocycles. The monoisotopic (exact) mass is 582 g/mol. The van der Waals surface area contributed by atoms with Crippen molar-refractivity contribution in [1.29, 1.82) is 0 Å². The van der Waals surface area contributed by atoms with Gasteiger partial charge in [-0.05, 0) is 47.5 Å². The lowest BCUT2D eigenvalue weighted by Gasteiger charge is -2.14. The number of methoxy groups -OCH3 is 6. The molecule has 224 valence electrons. The normalized spacial score (nSPS) is 16.2. The van der Waals surface area contributed by atoms with Crippen molar-refractivity contribution in [3.8, 4) is 34.5 Å². The SMILES string of the molecule is COc1cc(/C=C2/C(=O)N=C(N)N2C)cc(OC)c1OC.COc1cc(/C=C2/C(=O)N=C(N)N2C)cc(OC)c1OC. The highest BCUT2D eigenvalue weighted by molar-refractivity contribution is 6.12. The van der Waals surface area contributed by atoms with Crippen molar-refractivity contribution in [2.24, 2.45) is 21.5 Å². The molecule has 14 heteroatoms. The van der Waals surface area contributed by atoms with Crippen LogP contribution in [-0.2, 0) is 9.59 Å². The van der Waals surface area contributed by atoms with Crippen LogP contribution in [0.3, 0.4) is 0 Å². The second-order valence-corrected chi connectivity index (χ2v) is 8.64. The number of hydrogen-bond donors (Lipinski definition) is 2. The third kappa shape index (κ3) is 6.32. The highest BCUT2D eigenvalue weighted by atomic mass is 16.5. The van der Waals surface area contributed by atoms with Gasteiger partial charge < -0.3 is 49.7 Å². The van der Waals surface area contributed by atoms with E-state index in [-0.39, 0.29) is 23.7 Å². The van der Waals surface area contributed by atoms with E-state index in [1.807, 2.05) is 0 Å². The largest absolute Gasteiger partial charge is 0.493 e. The molecule has 2 aliphatic heterocycles. The number of amides is 2. The Kier molecular flexibility index (Phi) is 9.86. The van der Waals surface area contributed by atoms with Crippen molar-refractivity contribution < 1.29 is 38.0 Å². The second kappa shape index (κ2) is 13.3. The van der Waals surface area contributed by atoms with Crippen LogP contribution in [0.1, 0.15) is 11.1 Å². The van der Waals surface area contributed by atoms with Crippen LogP contribution in [0.25, 0.3) is 12.2 Å². The molecular weight excluding hydrogens is 548 g/mol. The Morgan fingerprint density at radius 1 is 0.571 bits per heavy atom. The predicted molar refractivity (Wildman–Crippen MR) is 157 cm³/mol. The van der Waals surface area contributed by atoms with Gasteiger partial charge in [0, 0.05) is 14.1 Å². The molecular formula is C28H34N6O8. The Balaban J connectivity index is 0.000000230. The zero-order valence-corrected chi connectivity index (χ0v) is 24.7. The number of guanidine groups is 2. The first-order valence-corrected chi connectivity index (χ1v) is 12.3. The summed E-state index contributed by atoms with van der Waals surface area (Å²) in [5.74, 6) is 2.56. The summed E-state index contributed by atoms with van der Waals surface area (Å²) in [6.45, 7) is 0. The number of aliphatic imine (C=N–C) groups is 2. The highest BCUT2D eigenvalue weighted by Gasteiger charge is 2.26. The van der Waals surface area contributed by atoms with E-state index in [1.54, 1.807) is 50.5 Å². The molecule has 14 nitrogen and oxygen atoms in total. The van der Waals surface area contributed by atoms with Crippen molar-refractivity contribution in [3.05, 3.63) is 46.8 Å². The second-order valence-electron chi connectivity index (χ2n) is 8.64. The van der Waals surface area contributed by atoms with E-state index < -0.39 is 0 Å². The Morgan fingerprint density at radius 2 is 0.857 bits per heavy atom. The van der Waals surface area contributed by atoms with E-state index in [9.17, 15) is 9.59 Å². The molecule has 0 aromatic heterocycles. The van der Waals surface area contributed by atoms with Crippen LogP contribution in [0.4, 0.5) is 0 Å². The molecule has 2 aromatic carbocycles. The first kappa shape index (κ1) is 31.1. The fourth-order valence-corrected chi connectivity index (χ4v) is 4.01. The number of benzene rings is 2. The van der Waals surface area contributed by atoms with Crippen LogP contribution in [0.15, 0.2) is 45.6 Å². The van der Waals surface area contributed by atoms with Gasteiger partial charge in [-0.25, -0.2) is 0 Å². The van der Waals surface area contributed by atoms with Gasteiger partial charge in [0.05, 0.1) is 42.7 Å². The summed E-state index contributed by atoms with van der Waals surface area (Å²) in [6.07, 6.45) is 3.33. The van der Waals surface area contributed by atoms with Gasteiger partial charge in [-0.1, -0.05) is 0 Å². The summed E-state index contributed by atoms with van der Waals surface area (Å²) < 4.78 is 31.6. The zero-order valence-electron chi connectivity index (χ0n) is 24.7. The molecule has 0 spiro atoms. The molecule has 42 heavy (non-hydrogen) atoms. The van der Waals surface area contributed by atoms with E-state index >= 15 is 0 Å². The first-order valence-electron chi connectivity index (χ1n) is 12.3. The maximum Gasteiger partial charge on any atom is 0.296 e. The van der Waals surface area contributed by atoms with Crippen LogP contribution in [0.5, 0.6) is 34.5 Å². The number of rotatable bonds is 8. The Labute approximate surface area is 243 Å². The molecule has 2 heterocycles. The number of ether oxygens (including phenoxy) is 6. The summed E-state index contributed by atoms with van der Waals surface area (Å²) in [5.41, 5.74) is 13.4. The summed E-state index contributed by atoms with van der Waals surface area (Å²) >= 11 is 0. The molecule has 4 rings (SSSR count). The molecule has 0 saturated heterocycles. The van der Waals surface area contributed by atoms with Crippen molar-refractivity contribution in [1.82, 2.24) is 9.80 Å². The number of carbonyl (C=O) groups excluding carboxylic acids is 2. The quantitative estimate of drug-likeness (QED) is 0.432. The van der Waals surface area contributed by atoms with Gasteiger partial charge in [-0.15, -0.1) is 0 Å². The molecule has 2 aliphatic rings. The molecule has 2 amide bonds. The molecule has 0 atom stereocenters. The summed E-state index contributed by atoms with van der Waals surface area (Å²) in [6, 6.07) is 6.96. The first-order chi connectivity index (χ1) is 20.0. The smallest absolute Gasteiger partial charge is 0.296 e. The van der Waals surface area contributed by atoms with Crippen LogP contribution in [0.2, 0.25) is 0 Å². The minimum atomic E-state index is -0.385. The minimum Gasteiger partial charge on any atom is -0.493 e. The Bertz CT molecular complexity index is 1340. The van der Waals surface area contributed by atoms with Crippen molar-refractivity contribution in [3.63, 3.8) is 0 Å². The molecule has 2 aromatic rings. The number of nitrogens with zero attached hydrogens (tertiary/aromatic N) is 4. The third-order valence-corrected chi connectivity index (χ3v) is 6.26. The van der Waals surface area contributed by atoms with E-state index in [0.717, 1.165) is 0 Å². The lowest BCUT2D eigenvalue weighted by atomic mass is 10.1. The lowest BCUT2D eigenvalue weighted by molar-refractivity contribution is -0.115.